The fourth-order valence-electron chi connectivity index (χ4n) is 3.75. The maximum Gasteiger partial charge on any atom is 0.303 e. The maximum atomic E-state index is 11.7. The lowest BCUT2D eigenvalue weighted by molar-refractivity contribution is -0.144. The van der Waals surface area contributed by atoms with Crippen molar-refractivity contribution in [1.29, 1.82) is 0 Å². The van der Waals surface area contributed by atoms with Crippen LogP contribution >= 0.6 is 0 Å². The topological polar surface area (TPSA) is 35.5 Å². The molecule has 0 aliphatic rings. The van der Waals surface area contributed by atoms with Crippen molar-refractivity contribution >= 4 is 14.0 Å². The van der Waals surface area contributed by atoms with E-state index >= 15 is 0 Å². The van der Waals surface area contributed by atoms with Crippen molar-refractivity contribution in [3.63, 3.8) is 0 Å². The Hall–Kier alpha value is -3.13. The van der Waals surface area contributed by atoms with Crippen molar-refractivity contribution in [2.24, 2.45) is 0 Å². The Morgan fingerprint density at radius 3 is 1.61 bits per heavy atom. The number of benzene rings is 3. The van der Waals surface area contributed by atoms with E-state index in [2.05, 4.69) is 67.5 Å². The molecule has 4 heteroatoms. The van der Waals surface area contributed by atoms with E-state index in [1.165, 1.54) is 6.92 Å². The lowest BCUT2D eigenvalue weighted by Gasteiger charge is -2.36. The molecule has 0 saturated carbocycles. The number of carbonyl (C=O) groups is 1. The van der Waals surface area contributed by atoms with Crippen LogP contribution in [0.1, 0.15) is 30.0 Å². The second-order valence-corrected chi connectivity index (χ2v) is 13.8. The van der Waals surface area contributed by atoms with E-state index in [0.29, 0.717) is 13.0 Å². The highest BCUT2D eigenvalue weighted by Gasteiger charge is 2.37. The van der Waals surface area contributed by atoms with Gasteiger partial charge in [-0.1, -0.05) is 117 Å². The number of ether oxygens (including phenoxy) is 2. The van der Waals surface area contributed by atoms with Crippen LogP contribution in [0, 0.1) is 11.5 Å². The van der Waals surface area contributed by atoms with Crippen molar-refractivity contribution in [1.82, 2.24) is 0 Å². The molecule has 0 unspecified atom stereocenters. The molecule has 3 nitrogen and oxygen atoms in total. The summed E-state index contributed by atoms with van der Waals surface area (Å²) in [4.78, 5) is 11.7. The molecule has 0 fully saturated rings. The molecule has 0 bridgehead atoms. The molecule has 0 aromatic heterocycles. The molecule has 0 spiro atoms. The summed E-state index contributed by atoms with van der Waals surface area (Å²) in [6.07, 6.45) is -0.0000601. The summed E-state index contributed by atoms with van der Waals surface area (Å²) < 4.78 is 12.3. The monoisotopic (exact) mass is 456 g/mol. The molecule has 0 N–H and O–H groups in total. The zero-order valence-corrected chi connectivity index (χ0v) is 20.9. The first-order valence-electron chi connectivity index (χ1n) is 11.3. The highest BCUT2D eigenvalue weighted by Crippen LogP contribution is 2.40. The predicted octanol–water partition coefficient (Wildman–Crippen LogP) is 6.20. The minimum absolute atomic E-state index is 0.328. The summed E-state index contributed by atoms with van der Waals surface area (Å²) in [7, 11) is -1.60. The zero-order valence-electron chi connectivity index (χ0n) is 19.9. The van der Waals surface area contributed by atoms with E-state index in [4.69, 9.17) is 9.47 Å². The van der Waals surface area contributed by atoms with E-state index in [1.807, 2.05) is 54.6 Å². The van der Waals surface area contributed by atoms with Crippen LogP contribution < -0.4 is 0 Å². The third-order valence-electron chi connectivity index (χ3n) is 5.16. The summed E-state index contributed by atoms with van der Waals surface area (Å²) in [6, 6.07) is 30.7. The summed E-state index contributed by atoms with van der Waals surface area (Å²) >= 11 is 0. The zero-order chi connectivity index (χ0) is 23.7. The van der Waals surface area contributed by atoms with Gasteiger partial charge in [-0.2, -0.15) is 0 Å². The largest absolute Gasteiger partial charge is 0.449 e. The quantitative estimate of drug-likeness (QED) is 0.175. The molecule has 3 aromatic carbocycles. The van der Waals surface area contributed by atoms with Crippen molar-refractivity contribution in [3.8, 4) is 11.5 Å². The van der Waals surface area contributed by atoms with Crippen molar-refractivity contribution in [2.75, 3.05) is 6.61 Å². The summed E-state index contributed by atoms with van der Waals surface area (Å²) in [6.45, 7) is 8.31. The Morgan fingerprint density at radius 1 is 0.818 bits per heavy atom. The van der Waals surface area contributed by atoms with Gasteiger partial charge >= 0.3 is 5.97 Å². The van der Waals surface area contributed by atoms with Gasteiger partial charge in [-0.05, 0) is 16.7 Å². The minimum atomic E-state index is -1.60. The Bertz CT molecular complexity index is 981. The number of hydrogen-bond donors (Lipinski definition) is 0. The standard InChI is InChI=1S/C29H32O3Si/c1-24(30)32-28(21-23-33(2,3)4)20-22-31-29(25-14-8-5-9-15-25,26-16-10-6-11-17-26)27-18-12-7-13-19-27/h5-19,28H,20,22H2,1-4H3/t28-/m0/s1. The normalized spacial score (nSPS) is 12.4. The molecule has 33 heavy (non-hydrogen) atoms. The molecule has 0 heterocycles. The molecular weight excluding hydrogens is 424 g/mol. The van der Waals surface area contributed by atoms with Gasteiger partial charge in [0.25, 0.3) is 0 Å². The molecule has 3 rings (SSSR count). The molecule has 0 amide bonds. The van der Waals surface area contributed by atoms with Crippen LogP contribution in [0.15, 0.2) is 91.0 Å². The van der Waals surface area contributed by atoms with Gasteiger partial charge < -0.3 is 9.47 Å². The Balaban J connectivity index is 2.00. The summed E-state index contributed by atoms with van der Waals surface area (Å²) in [5.74, 6) is 2.86. The smallest absolute Gasteiger partial charge is 0.303 e. The Morgan fingerprint density at radius 2 is 1.24 bits per heavy atom. The highest BCUT2D eigenvalue weighted by molar-refractivity contribution is 6.83. The van der Waals surface area contributed by atoms with Crippen molar-refractivity contribution < 1.29 is 14.3 Å². The van der Waals surface area contributed by atoms with Gasteiger partial charge in [-0.15, -0.1) is 5.54 Å². The third kappa shape index (κ3) is 6.68. The van der Waals surface area contributed by atoms with Crippen LogP contribution in [0.5, 0.6) is 0 Å². The average Bonchev–Trinajstić information content (AvgIpc) is 2.81. The first kappa shape index (κ1) is 24.5. The van der Waals surface area contributed by atoms with Crippen molar-refractivity contribution in [2.45, 2.75) is 44.7 Å². The second kappa shape index (κ2) is 11.1. The summed E-state index contributed by atoms with van der Waals surface area (Å²) in [5.41, 5.74) is 5.66. The predicted molar refractivity (Wildman–Crippen MR) is 136 cm³/mol. The van der Waals surface area contributed by atoms with E-state index in [9.17, 15) is 4.79 Å². The molecule has 0 aliphatic heterocycles. The first-order valence-corrected chi connectivity index (χ1v) is 14.8. The van der Waals surface area contributed by atoms with Crippen molar-refractivity contribution in [3.05, 3.63) is 108 Å². The van der Waals surface area contributed by atoms with E-state index < -0.39 is 19.8 Å². The van der Waals surface area contributed by atoms with Crippen LogP contribution in [0.4, 0.5) is 0 Å². The van der Waals surface area contributed by atoms with Crippen LogP contribution in [0.3, 0.4) is 0 Å². The van der Waals surface area contributed by atoms with Crippen LogP contribution in [0.25, 0.3) is 0 Å². The lowest BCUT2D eigenvalue weighted by atomic mass is 9.80. The van der Waals surface area contributed by atoms with Gasteiger partial charge in [0.1, 0.15) is 13.7 Å². The molecule has 1 atom stereocenters. The molecule has 3 aromatic rings. The fourth-order valence-corrected chi connectivity index (χ4v) is 4.34. The number of esters is 1. The van der Waals surface area contributed by atoms with Gasteiger partial charge in [0.15, 0.2) is 6.10 Å². The highest BCUT2D eigenvalue weighted by atomic mass is 28.3. The van der Waals surface area contributed by atoms with Crippen LogP contribution in [0.2, 0.25) is 19.6 Å². The average molecular weight is 457 g/mol. The Labute approximate surface area is 198 Å². The van der Waals surface area contributed by atoms with Gasteiger partial charge in [0, 0.05) is 13.3 Å². The van der Waals surface area contributed by atoms with Crippen LogP contribution in [-0.2, 0) is 19.9 Å². The minimum Gasteiger partial charge on any atom is -0.449 e. The molecule has 0 saturated heterocycles. The number of carbonyl (C=O) groups excluding carboxylic acids is 1. The fraction of sp³-hybridized carbons (Fsp3) is 0.276. The first-order chi connectivity index (χ1) is 15.8. The van der Waals surface area contributed by atoms with Gasteiger partial charge in [0.2, 0.25) is 0 Å². The third-order valence-corrected chi connectivity index (χ3v) is 6.05. The van der Waals surface area contributed by atoms with E-state index in [1.54, 1.807) is 0 Å². The summed E-state index contributed by atoms with van der Waals surface area (Å²) in [5, 5.41) is 0. The number of hydrogen-bond acceptors (Lipinski definition) is 3. The molecule has 0 radical (unpaired) electrons. The molecular formula is C29H32O3Si. The van der Waals surface area contributed by atoms with Crippen LogP contribution in [-0.4, -0.2) is 26.8 Å². The van der Waals surface area contributed by atoms with E-state index in [0.717, 1.165) is 16.7 Å². The maximum absolute atomic E-state index is 11.7. The Kier molecular flexibility index (Phi) is 8.27. The molecule has 170 valence electrons. The number of rotatable bonds is 8. The van der Waals surface area contributed by atoms with Gasteiger partial charge in [-0.25, -0.2) is 0 Å². The molecule has 0 aliphatic carbocycles. The van der Waals surface area contributed by atoms with E-state index in [-0.39, 0.29) is 5.97 Å². The van der Waals surface area contributed by atoms with Gasteiger partial charge in [-0.3, -0.25) is 4.79 Å². The lowest BCUT2D eigenvalue weighted by Crippen LogP contribution is -2.34. The SMILES string of the molecule is CC(=O)O[C@H](C#C[Si](C)(C)C)CCOC(c1ccccc1)(c1ccccc1)c1ccccc1. The second-order valence-electron chi connectivity index (χ2n) is 9.03. The van der Waals surface area contributed by atoms with Gasteiger partial charge in [0.05, 0.1) is 6.61 Å².